The SMILES string of the molecule is CNC(O)c1ccc(-c2ccc(Cl)cc2)c(COC)c1. The summed E-state index contributed by atoms with van der Waals surface area (Å²) in [6, 6.07) is 13.5. The number of ether oxygens (including phenoxy) is 1. The summed E-state index contributed by atoms with van der Waals surface area (Å²) in [6.45, 7) is 0.488. The normalized spacial score (nSPS) is 12.4. The molecule has 0 aliphatic rings. The first-order chi connectivity index (χ1) is 9.65. The molecule has 0 aliphatic heterocycles. The summed E-state index contributed by atoms with van der Waals surface area (Å²) in [4.78, 5) is 0. The molecule has 2 aromatic rings. The number of benzene rings is 2. The Bertz CT molecular complexity index is 569. The highest BCUT2D eigenvalue weighted by atomic mass is 35.5. The van der Waals surface area contributed by atoms with Crippen molar-refractivity contribution in [3.63, 3.8) is 0 Å². The van der Waals surface area contributed by atoms with Crippen LogP contribution in [0.2, 0.25) is 5.02 Å². The van der Waals surface area contributed by atoms with Crippen LogP contribution in [-0.2, 0) is 11.3 Å². The summed E-state index contributed by atoms with van der Waals surface area (Å²) in [5, 5.41) is 13.4. The number of aliphatic hydroxyl groups excluding tert-OH is 1. The third-order valence-corrected chi connectivity index (χ3v) is 3.43. The first-order valence-corrected chi connectivity index (χ1v) is 6.76. The van der Waals surface area contributed by atoms with Crippen LogP contribution in [0, 0.1) is 0 Å². The van der Waals surface area contributed by atoms with Crippen LogP contribution in [0.3, 0.4) is 0 Å². The largest absolute Gasteiger partial charge is 0.380 e. The number of halogens is 1. The van der Waals surface area contributed by atoms with E-state index in [1.807, 2.05) is 42.5 Å². The van der Waals surface area contributed by atoms with Gasteiger partial charge in [-0.15, -0.1) is 0 Å². The van der Waals surface area contributed by atoms with Crippen molar-refractivity contribution >= 4 is 11.6 Å². The monoisotopic (exact) mass is 291 g/mol. The van der Waals surface area contributed by atoms with Crippen LogP contribution in [0.4, 0.5) is 0 Å². The standard InChI is InChI=1S/C16H18ClNO2/c1-18-16(19)12-5-8-15(13(9-12)10-20-2)11-3-6-14(17)7-4-11/h3-9,16,18-19H,10H2,1-2H3. The molecule has 20 heavy (non-hydrogen) atoms. The quantitative estimate of drug-likeness (QED) is 0.830. The van der Waals surface area contributed by atoms with Gasteiger partial charge in [-0.05, 0) is 47.5 Å². The lowest BCUT2D eigenvalue weighted by atomic mass is 9.97. The zero-order valence-electron chi connectivity index (χ0n) is 11.6. The van der Waals surface area contributed by atoms with E-state index < -0.39 is 6.23 Å². The van der Waals surface area contributed by atoms with Crippen molar-refractivity contribution in [2.75, 3.05) is 14.2 Å². The van der Waals surface area contributed by atoms with E-state index in [0.717, 1.165) is 22.3 Å². The molecule has 1 atom stereocenters. The fourth-order valence-electron chi connectivity index (χ4n) is 2.14. The second-order valence-corrected chi connectivity index (χ2v) is 4.98. The van der Waals surface area contributed by atoms with Gasteiger partial charge in [-0.1, -0.05) is 35.9 Å². The lowest BCUT2D eigenvalue weighted by molar-refractivity contribution is 0.148. The van der Waals surface area contributed by atoms with Crippen molar-refractivity contribution in [1.29, 1.82) is 0 Å². The Kier molecular flexibility index (Phi) is 5.15. The van der Waals surface area contributed by atoms with Gasteiger partial charge in [-0.3, -0.25) is 5.32 Å². The zero-order valence-corrected chi connectivity index (χ0v) is 12.3. The molecule has 1 unspecified atom stereocenters. The molecule has 0 fully saturated rings. The molecule has 0 aliphatic carbocycles. The van der Waals surface area contributed by atoms with Gasteiger partial charge in [0.1, 0.15) is 6.23 Å². The predicted octanol–water partition coefficient (Wildman–Crippen LogP) is 3.36. The minimum atomic E-state index is -0.676. The van der Waals surface area contributed by atoms with E-state index in [9.17, 15) is 5.11 Å². The molecule has 0 saturated carbocycles. The third-order valence-electron chi connectivity index (χ3n) is 3.17. The van der Waals surface area contributed by atoms with Crippen molar-refractivity contribution < 1.29 is 9.84 Å². The Morgan fingerprint density at radius 1 is 1.20 bits per heavy atom. The van der Waals surface area contributed by atoms with Crippen molar-refractivity contribution in [2.24, 2.45) is 0 Å². The van der Waals surface area contributed by atoms with E-state index in [2.05, 4.69) is 5.32 Å². The van der Waals surface area contributed by atoms with E-state index in [-0.39, 0.29) is 0 Å². The van der Waals surface area contributed by atoms with E-state index in [1.54, 1.807) is 14.2 Å². The summed E-state index contributed by atoms with van der Waals surface area (Å²) in [5.74, 6) is 0. The lowest BCUT2D eigenvalue weighted by Crippen LogP contribution is -2.15. The first kappa shape index (κ1) is 15.0. The van der Waals surface area contributed by atoms with Gasteiger partial charge in [0.25, 0.3) is 0 Å². The number of rotatable bonds is 5. The average molecular weight is 292 g/mol. The van der Waals surface area contributed by atoms with Crippen LogP contribution in [0.5, 0.6) is 0 Å². The lowest BCUT2D eigenvalue weighted by Gasteiger charge is -2.15. The summed E-state index contributed by atoms with van der Waals surface area (Å²) in [7, 11) is 3.38. The molecule has 0 spiro atoms. The molecule has 0 radical (unpaired) electrons. The maximum atomic E-state index is 9.85. The topological polar surface area (TPSA) is 41.5 Å². The molecule has 0 amide bonds. The van der Waals surface area contributed by atoms with Crippen LogP contribution >= 0.6 is 11.6 Å². The van der Waals surface area contributed by atoms with E-state index in [1.165, 1.54) is 0 Å². The molecular formula is C16H18ClNO2. The van der Waals surface area contributed by atoms with Gasteiger partial charge >= 0.3 is 0 Å². The molecule has 2 rings (SSSR count). The summed E-state index contributed by atoms with van der Waals surface area (Å²) < 4.78 is 5.25. The van der Waals surface area contributed by atoms with Gasteiger partial charge in [0.2, 0.25) is 0 Å². The molecule has 0 bridgehead atoms. The van der Waals surface area contributed by atoms with Gasteiger partial charge in [0.15, 0.2) is 0 Å². The second kappa shape index (κ2) is 6.86. The Morgan fingerprint density at radius 3 is 2.50 bits per heavy atom. The Balaban J connectivity index is 2.44. The third kappa shape index (κ3) is 3.38. The van der Waals surface area contributed by atoms with Crippen LogP contribution in [0.25, 0.3) is 11.1 Å². The van der Waals surface area contributed by atoms with E-state index in [0.29, 0.717) is 11.6 Å². The van der Waals surface area contributed by atoms with Crippen LogP contribution in [0.1, 0.15) is 17.4 Å². The predicted molar refractivity (Wildman–Crippen MR) is 81.6 cm³/mol. The molecule has 2 N–H and O–H groups in total. The highest BCUT2D eigenvalue weighted by Gasteiger charge is 2.10. The van der Waals surface area contributed by atoms with Gasteiger partial charge in [-0.2, -0.15) is 0 Å². The molecule has 2 aromatic carbocycles. The minimum absolute atomic E-state index is 0.488. The van der Waals surface area contributed by atoms with E-state index in [4.69, 9.17) is 16.3 Å². The molecule has 3 nitrogen and oxygen atoms in total. The van der Waals surface area contributed by atoms with Gasteiger partial charge in [0.05, 0.1) is 6.61 Å². The second-order valence-electron chi connectivity index (χ2n) is 4.55. The molecule has 0 aromatic heterocycles. The number of hydrogen-bond acceptors (Lipinski definition) is 3. The fraction of sp³-hybridized carbons (Fsp3) is 0.250. The number of hydrogen-bond donors (Lipinski definition) is 2. The molecule has 0 saturated heterocycles. The minimum Gasteiger partial charge on any atom is -0.380 e. The van der Waals surface area contributed by atoms with Gasteiger partial charge < -0.3 is 9.84 Å². The smallest absolute Gasteiger partial charge is 0.130 e. The van der Waals surface area contributed by atoms with Crippen LogP contribution in [0.15, 0.2) is 42.5 Å². The maximum Gasteiger partial charge on any atom is 0.130 e. The maximum absolute atomic E-state index is 9.85. The summed E-state index contributed by atoms with van der Waals surface area (Å²) in [6.07, 6.45) is -0.676. The fourth-order valence-corrected chi connectivity index (χ4v) is 2.26. The molecular weight excluding hydrogens is 274 g/mol. The highest BCUT2D eigenvalue weighted by molar-refractivity contribution is 6.30. The van der Waals surface area contributed by atoms with Crippen LogP contribution in [-0.4, -0.2) is 19.3 Å². The highest BCUT2D eigenvalue weighted by Crippen LogP contribution is 2.28. The molecule has 106 valence electrons. The summed E-state index contributed by atoms with van der Waals surface area (Å²) >= 11 is 5.92. The number of aliphatic hydroxyl groups is 1. The van der Waals surface area contributed by atoms with Crippen molar-refractivity contribution in [2.45, 2.75) is 12.8 Å². The molecule has 0 heterocycles. The van der Waals surface area contributed by atoms with Crippen molar-refractivity contribution in [1.82, 2.24) is 5.32 Å². The Hall–Kier alpha value is -1.39. The zero-order chi connectivity index (χ0) is 14.5. The van der Waals surface area contributed by atoms with Gasteiger partial charge in [-0.25, -0.2) is 0 Å². The van der Waals surface area contributed by atoms with Crippen molar-refractivity contribution in [3.05, 3.63) is 58.6 Å². The first-order valence-electron chi connectivity index (χ1n) is 6.38. The number of methoxy groups -OCH3 is 1. The number of nitrogens with one attached hydrogen (secondary N) is 1. The van der Waals surface area contributed by atoms with E-state index >= 15 is 0 Å². The van der Waals surface area contributed by atoms with Crippen LogP contribution < -0.4 is 5.32 Å². The molecule has 4 heteroatoms. The Morgan fingerprint density at radius 2 is 1.90 bits per heavy atom. The average Bonchev–Trinajstić information content (AvgIpc) is 2.48. The van der Waals surface area contributed by atoms with Gasteiger partial charge in [0, 0.05) is 12.1 Å². The van der Waals surface area contributed by atoms with Crippen molar-refractivity contribution in [3.8, 4) is 11.1 Å². The summed E-state index contributed by atoms with van der Waals surface area (Å²) in [5.41, 5.74) is 4.00. The Labute approximate surface area is 124 Å².